The molecule has 0 unspecified atom stereocenters. The SMILES string of the molecule is CC(=O)c1cc2cnn(C)c2cc1Oc1ccc(OCCOC2CCOCC2)cc1. The first kappa shape index (κ1) is 20.4. The molecule has 0 N–H and O–H groups in total. The molecule has 0 aliphatic carbocycles. The van der Waals surface area contributed by atoms with Crippen molar-refractivity contribution in [2.45, 2.75) is 25.9 Å². The highest BCUT2D eigenvalue weighted by atomic mass is 16.5. The van der Waals surface area contributed by atoms with Gasteiger partial charge in [0.1, 0.15) is 23.9 Å². The van der Waals surface area contributed by atoms with E-state index in [4.69, 9.17) is 18.9 Å². The van der Waals surface area contributed by atoms with Crippen molar-refractivity contribution in [1.82, 2.24) is 9.78 Å². The lowest BCUT2D eigenvalue weighted by atomic mass is 10.1. The number of benzene rings is 2. The Morgan fingerprint density at radius 3 is 2.60 bits per heavy atom. The van der Waals surface area contributed by atoms with Gasteiger partial charge in [0.2, 0.25) is 0 Å². The molecule has 1 aliphatic heterocycles. The van der Waals surface area contributed by atoms with Crippen molar-refractivity contribution in [3.8, 4) is 17.2 Å². The van der Waals surface area contributed by atoms with Crippen LogP contribution in [0.25, 0.3) is 10.9 Å². The molecule has 2 heterocycles. The van der Waals surface area contributed by atoms with E-state index in [0.717, 1.165) is 42.7 Å². The molecule has 1 aliphatic rings. The molecule has 0 amide bonds. The number of hydrogen-bond acceptors (Lipinski definition) is 6. The fraction of sp³-hybridized carbons (Fsp3) is 0.391. The van der Waals surface area contributed by atoms with Crippen molar-refractivity contribution < 1.29 is 23.7 Å². The van der Waals surface area contributed by atoms with Crippen LogP contribution < -0.4 is 9.47 Å². The minimum Gasteiger partial charge on any atom is -0.491 e. The Morgan fingerprint density at radius 2 is 1.87 bits per heavy atom. The molecule has 158 valence electrons. The van der Waals surface area contributed by atoms with E-state index in [0.29, 0.717) is 30.3 Å². The maximum atomic E-state index is 12.1. The molecule has 2 aromatic carbocycles. The first-order chi connectivity index (χ1) is 14.6. The van der Waals surface area contributed by atoms with Crippen molar-refractivity contribution in [3.63, 3.8) is 0 Å². The third-order valence-electron chi connectivity index (χ3n) is 5.15. The number of ether oxygens (including phenoxy) is 4. The summed E-state index contributed by atoms with van der Waals surface area (Å²) in [6, 6.07) is 11.0. The number of carbonyl (C=O) groups is 1. The molecule has 3 aromatic rings. The van der Waals surface area contributed by atoms with Gasteiger partial charge < -0.3 is 18.9 Å². The van der Waals surface area contributed by atoms with Crippen LogP contribution in [-0.2, 0) is 16.5 Å². The van der Waals surface area contributed by atoms with E-state index in [1.807, 2.05) is 43.4 Å². The number of aromatic nitrogens is 2. The maximum Gasteiger partial charge on any atom is 0.163 e. The number of nitrogens with zero attached hydrogens (tertiary/aromatic N) is 2. The molecule has 1 fully saturated rings. The summed E-state index contributed by atoms with van der Waals surface area (Å²) in [6.45, 7) is 4.11. The zero-order valence-electron chi connectivity index (χ0n) is 17.3. The standard InChI is InChI=1S/C23H26N2O5/c1-16(26)21-13-17-15-24-25(2)22(17)14-23(21)30-20-5-3-18(4-6-20)28-11-12-29-19-7-9-27-10-8-19/h3-6,13-15,19H,7-12H2,1-2H3. The van der Waals surface area contributed by atoms with Crippen LogP contribution in [0.4, 0.5) is 0 Å². The summed E-state index contributed by atoms with van der Waals surface area (Å²) in [7, 11) is 1.86. The second kappa shape index (κ2) is 9.28. The number of carbonyl (C=O) groups excluding carboxylic acids is 1. The van der Waals surface area contributed by atoms with Gasteiger partial charge in [0.15, 0.2) is 5.78 Å². The highest BCUT2D eigenvalue weighted by Crippen LogP contribution is 2.31. The van der Waals surface area contributed by atoms with Crippen LogP contribution in [0.3, 0.4) is 0 Å². The second-order valence-electron chi connectivity index (χ2n) is 7.34. The van der Waals surface area contributed by atoms with Crippen molar-refractivity contribution in [2.24, 2.45) is 7.05 Å². The van der Waals surface area contributed by atoms with E-state index < -0.39 is 0 Å². The zero-order chi connectivity index (χ0) is 20.9. The van der Waals surface area contributed by atoms with E-state index in [9.17, 15) is 4.79 Å². The topological polar surface area (TPSA) is 71.8 Å². The minimum absolute atomic E-state index is 0.0553. The van der Waals surface area contributed by atoms with Crippen molar-refractivity contribution in [1.29, 1.82) is 0 Å². The Morgan fingerprint density at radius 1 is 1.13 bits per heavy atom. The molecule has 7 heteroatoms. The van der Waals surface area contributed by atoms with Crippen LogP contribution in [0.1, 0.15) is 30.1 Å². The third-order valence-corrected chi connectivity index (χ3v) is 5.15. The van der Waals surface area contributed by atoms with Gasteiger partial charge in [-0.05, 0) is 50.1 Å². The monoisotopic (exact) mass is 410 g/mol. The third kappa shape index (κ3) is 4.80. The van der Waals surface area contributed by atoms with Gasteiger partial charge >= 0.3 is 0 Å². The van der Waals surface area contributed by atoms with E-state index in [1.54, 1.807) is 10.9 Å². The predicted molar refractivity (Wildman–Crippen MR) is 113 cm³/mol. The maximum absolute atomic E-state index is 12.1. The Hall–Kier alpha value is -2.90. The van der Waals surface area contributed by atoms with Crippen molar-refractivity contribution in [2.75, 3.05) is 26.4 Å². The fourth-order valence-corrected chi connectivity index (χ4v) is 3.49. The summed E-state index contributed by atoms with van der Waals surface area (Å²) in [5.41, 5.74) is 1.43. The molecule has 1 aromatic heterocycles. The number of ketones is 1. The lowest BCUT2D eigenvalue weighted by Gasteiger charge is -2.22. The number of hydrogen-bond donors (Lipinski definition) is 0. The van der Waals surface area contributed by atoms with Crippen LogP contribution in [-0.4, -0.2) is 48.1 Å². The summed E-state index contributed by atoms with van der Waals surface area (Å²) in [4.78, 5) is 12.1. The highest BCUT2D eigenvalue weighted by Gasteiger charge is 2.15. The van der Waals surface area contributed by atoms with Gasteiger partial charge in [0.25, 0.3) is 0 Å². The molecule has 0 radical (unpaired) electrons. The minimum atomic E-state index is -0.0553. The Balaban J connectivity index is 1.36. The summed E-state index contributed by atoms with van der Waals surface area (Å²) in [5, 5.41) is 5.14. The Labute approximate surface area is 175 Å². The van der Waals surface area contributed by atoms with Gasteiger partial charge in [0, 0.05) is 31.7 Å². The molecular formula is C23H26N2O5. The molecule has 7 nitrogen and oxygen atoms in total. The fourth-order valence-electron chi connectivity index (χ4n) is 3.49. The molecule has 0 atom stereocenters. The molecule has 4 rings (SSSR count). The first-order valence-electron chi connectivity index (χ1n) is 10.2. The van der Waals surface area contributed by atoms with Crippen LogP contribution in [0.2, 0.25) is 0 Å². The summed E-state index contributed by atoms with van der Waals surface area (Å²) < 4.78 is 24.7. The summed E-state index contributed by atoms with van der Waals surface area (Å²) in [5.74, 6) is 1.83. The largest absolute Gasteiger partial charge is 0.491 e. The second-order valence-corrected chi connectivity index (χ2v) is 7.34. The lowest BCUT2D eigenvalue weighted by Crippen LogP contribution is -2.25. The first-order valence-corrected chi connectivity index (χ1v) is 10.2. The van der Waals surface area contributed by atoms with Crippen LogP contribution in [0, 0.1) is 0 Å². The number of aryl methyl sites for hydroxylation is 1. The molecule has 1 saturated heterocycles. The van der Waals surface area contributed by atoms with Crippen LogP contribution >= 0.6 is 0 Å². The van der Waals surface area contributed by atoms with Crippen LogP contribution in [0.5, 0.6) is 17.2 Å². The molecule has 0 spiro atoms. The zero-order valence-corrected chi connectivity index (χ0v) is 17.3. The molecule has 0 bridgehead atoms. The molecule has 30 heavy (non-hydrogen) atoms. The van der Waals surface area contributed by atoms with Crippen LogP contribution in [0.15, 0.2) is 42.6 Å². The predicted octanol–water partition coefficient (Wildman–Crippen LogP) is 4.14. The summed E-state index contributed by atoms with van der Waals surface area (Å²) >= 11 is 0. The van der Waals surface area contributed by atoms with Gasteiger partial charge in [-0.3, -0.25) is 9.48 Å². The van der Waals surface area contributed by atoms with Gasteiger partial charge in [-0.15, -0.1) is 0 Å². The number of rotatable bonds is 8. The van der Waals surface area contributed by atoms with E-state index in [-0.39, 0.29) is 11.9 Å². The van der Waals surface area contributed by atoms with Gasteiger partial charge in [-0.2, -0.15) is 5.10 Å². The Bertz CT molecular complexity index is 1010. The quantitative estimate of drug-likeness (QED) is 0.411. The van der Waals surface area contributed by atoms with Gasteiger partial charge in [-0.1, -0.05) is 0 Å². The number of Topliss-reactive ketones (excluding diaryl/α,β-unsaturated/α-hetero) is 1. The van der Waals surface area contributed by atoms with E-state index >= 15 is 0 Å². The summed E-state index contributed by atoms with van der Waals surface area (Å²) in [6.07, 6.45) is 3.90. The normalized spacial score (nSPS) is 14.7. The van der Waals surface area contributed by atoms with Crippen molar-refractivity contribution >= 4 is 16.7 Å². The molecular weight excluding hydrogens is 384 g/mol. The van der Waals surface area contributed by atoms with Gasteiger partial charge in [0.05, 0.1) is 30.0 Å². The number of fused-ring (bicyclic) bond motifs is 1. The van der Waals surface area contributed by atoms with Gasteiger partial charge in [-0.25, -0.2) is 0 Å². The highest BCUT2D eigenvalue weighted by molar-refractivity contribution is 6.01. The average molecular weight is 410 g/mol. The van der Waals surface area contributed by atoms with E-state index in [2.05, 4.69) is 5.10 Å². The van der Waals surface area contributed by atoms with Crippen molar-refractivity contribution in [3.05, 3.63) is 48.2 Å². The van der Waals surface area contributed by atoms with E-state index in [1.165, 1.54) is 6.92 Å². The lowest BCUT2D eigenvalue weighted by molar-refractivity contribution is -0.0388. The smallest absolute Gasteiger partial charge is 0.163 e. The molecule has 0 saturated carbocycles. The Kier molecular flexibility index (Phi) is 6.30. The average Bonchev–Trinajstić information content (AvgIpc) is 3.12.